The maximum absolute atomic E-state index is 12.3. The summed E-state index contributed by atoms with van der Waals surface area (Å²) in [5.41, 5.74) is 2.25. The number of aryl methyl sites for hydroxylation is 1. The number of ether oxygens (including phenoxy) is 3. The maximum Gasteiger partial charge on any atom is 0.387 e. The van der Waals surface area contributed by atoms with Crippen molar-refractivity contribution in [1.29, 1.82) is 0 Å². The molecule has 156 valence electrons. The molecule has 0 heterocycles. The average Bonchev–Trinajstić information content (AvgIpc) is 2.72. The number of hydrogen-bond donors (Lipinski definition) is 1. The zero-order chi connectivity index (χ0) is 21.2. The number of rotatable bonds is 10. The van der Waals surface area contributed by atoms with E-state index >= 15 is 0 Å². The van der Waals surface area contributed by atoms with Crippen molar-refractivity contribution >= 4 is 11.9 Å². The van der Waals surface area contributed by atoms with Crippen LogP contribution in [0.2, 0.25) is 0 Å². The number of benzene rings is 2. The fourth-order valence-electron chi connectivity index (χ4n) is 2.55. The lowest BCUT2D eigenvalue weighted by molar-refractivity contribution is -0.124. The number of carbonyl (C=O) groups excluding carboxylic acids is 2. The Morgan fingerprint density at radius 1 is 1.03 bits per heavy atom. The first-order chi connectivity index (χ1) is 13.9. The first-order valence-corrected chi connectivity index (χ1v) is 9.07. The quantitative estimate of drug-likeness (QED) is 0.612. The van der Waals surface area contributed by atoms with Crippen molar-refractivity contribution in [3.05, 3.63) is 59.2 Å². The van der Waals surface area contributed by atoms with E-state index in [4.69, 9.17) is 9.47 Å². The topological polar surface area (TPSA) is 73.9 Å². The lowest BCUT2D eigenvalue weighted by atomic mass is 10.1. The summed E-state index contributed by atoms with van der Waals surface area (Å²) in [6.07, 6.45) is 1.30. The summed E-state index contributed by atoms with van der Waals surface area (Å²) in [6, 6.07) is 11.5. The molecule has 0 saturated carbocycles. The SMILES string of the molecule is CCc1ccc(C(=O)OCC(=O)NCCc2ccc(OC(F)F)c(OC)c2)cc1. The highest BCUT2D eigenvalue weighted by molar-refractivity contribution is 5.91. The number of alkyl halides is 2. The zero-order valence-electron chi connectivity index (χ0n) is 16.2. The van der Waals surface area contributed by atoms with Crippen molar-refractivity contribution in [2.24, 2.45) is 0 Å². The highest BCUT2D eigenvalue weighted by atomic mass is 19.3. The van der Waals surface area contributed by atoms with Gasteiger partial charge in [-0.15, -0.1) is 0 Å². The van der Waals surface area contributed by atoms with E-state index in [1.165, 1.54) is 13.2 Å². The van der Waals surface area contributed by atoms with Crippen molar-refractivity contribution in [1.82, 2.24) is 5.32 Å². The average molecular weight is 407 g/mol. The fraction of sp³-hybridized carbons (Fsp3) is 0.333. The molecule has 0 aliphatic carbocycles. The van der Waals surface area contributed by atoms with Gasteiger partial charge >= 0.3 is 12.6 Å². The zero-order valence-corrected chi connectivity index (χ0v) is 16.2. The standard InChI is InChI=1S/C21H23F2NO5/c1-3-14-4-7-16(8-5-14)20(26)28-13-19(25)24-11-10-15-6-9-17(29-21(22)23)18(12-15)27-2/h4-9,12,21H,3,10-11,13H2,1-2H3,(H,24,25). The highest BCUT2D eigenvalue weighted by Crippen LogP contribution is 2.29. The van der Waals surface area contributed by atoms with Crippen LogP contribution in [0.15, 0.2) is 42.5 Å². The summed E-state index contributed by atoms with van der Waals surface area (Å²) >= 11 is 0. The first kappa shape index (κ1) is 22.1. The Balaban J connectivity index is 1.77. The number of amides is 1. The van der Waals surface area contributed by atoms with Gasteiger partial charge in [0.05, 0.1) is 12.7 Å². The number of nitrogens with one attached hydrogen (secondary N) is 1. The number of methoxy groups -OCH3 is 1. The molecule has 1 N–H and O–H groups in total. The van der Waals surface area contributed by atoms with Gasteiger partial charge < -0.3 is 19.5 Å². The molecule has 8 heteroatoms. The van der Waals surface area contributed by atoms with Gasteiger partial charge in [-0.1, -0.05) is 25.1 Å². The second-order valence-electron chi connectivity index (χ2n) is 6.09. The predicted octanol–water partition coefficient (Wildman–Crippen LogP) is 3.37. The predicted molar refractivity (Wildman–Crippen MR) is 102 cm³/mol. The highest BCUT2D eigenvalue weighted by Gasteiger charge is 2.12. The number of carbonyl (C=O) groups is 2. The van der Waals surface area contributed by atoms with Crippen LogP contribution >= 0.6 is 0 Å². The molecule has 29 heavy (non-hydrogen) atoms. The molecule has 2 aromatic rings. The molecule has 0 radical (unpaired) electrons. The summed E-state index contributed by atoms with van der Waals surface area (Å²) < 4.78 is 39.1. The Bertz CT molecular complexity index is 824. The van der Waals surface area contributed by atoms with Crippen LogP contribution < -0.4 is 14.8 Å². The molecule has 2 rings (SSSR count). The van der Waals surface area contributed by atoms with Crippen molar-refractivity contribution in [2.75, 3.05) is 20.3 Å². The molecule has 0 spiro atoms. The van der Waals surface area contributed by atoms with E-state index in [1.807, 2.05) is 19.1 Å². The van der Waals surface area contributed by atoms with Crippen LogP contribution in [0.4, 0.5) is 8.78 Å². The second kappa shape index (κ2) is 11.0. The van der Waals surface area contributed by atoms with E-state index in [9.17, 15) is 18.4 Å². The van der Waals surface area contributed by atoms with Crippen LogP contribution in [0, 0.1) is 0 Å². The summed E-state index contributed by atoms with van der Waals surface area (Å²) in [6.45, 7) is -1.04. The number of hydrogen-bond acceptors (Lipinski definition) is 5. The third kappa shape index (κ3) is 7.06. The van der Waals surface area contributed by atoms with Gasteiger partial charge in [-0.05, 0) is 48.2 Å². The van der Waals surface area contributed by atoms with Gasteiger partial charge in [0.2, 0.25) is 0 Å². The summed E-state index contributed by atoms with van der Waals surface area (Å²) in [5, 5.41) is 2.63. The largest absolute Gasteiger partial charge is 0.493 e. The summed E-state index contributed by atoms with van der Waals surface area (Å²) in [4.78, 5) is 23.8. The van der Waals surface area contributed by atoms with E-state index in [-0.39, 0.29) is 18.0 Å². The van der Waals surface area contributed by atoms with E-state index in [0.717, 1.165) is 17.5 Å². The third-order valence-electron chi connectivity index (χ3n) is 4.11. The Labute approximate surface area is 167 Å². The molecule has 0 aliphatic heterocycles. The summed E-state index contributed by atoms with van der Waals surface area (Å²) in [5.74, 6) is -0.887. The Kier molecular flexibility index (Phi) is 8.39. The van der Waals surface area contributed by atoms with Gasteiger partial charge in [0.25, 0.3) is 5.91 Å². The Hall–Kier alpha value is -3.16. The molecular weight excluding hydrogens is 384 g/mol. The van der Waals surface area contributed by atoms with Crippen molar-refractivity contribution in [2.45, 2.75) is 26.4 Å². The fourth-order valence-corrected chi connectivity index (χ4v) is 2.55. The van der Waals surface area contributed by atoms with E-state index in [2.05, 4.69) is 10.1 Å². The van der Waals surface area contributed by atoms with Crippen LogP contribution in [-0.2, 0) is 22.4 Å². The van der Waals surface area contributed by atoms with Crippen LogP contribution in [0.1, 0.15) is 28.4 Å². The van der Waals surface area contributed by atoms with Crippen molar-refractivity contribution in [3.63, 3.8) is 0 Å². The molecule has 0 saturated heterocycles. The number of halogens is 2. The molecule has 0 aliphatic rings. The van der Waals surface area contributed by atoms with Crippen LogP contribution in [0.25, 0.3) is 0 Å². The molecule has 2 aromatic carbocycles. The van der Waals surface area contributed by atoms with E-state index < -0.39 is 25.1 Å². The lowest BCUT2D eigenvalue weighted by Gasteiger charge is -2.12. The van der Waals surface area contributed by atoms with Crippen molar-refractivity contribution in [3.8, 4) is 11.5 Å². The minimum Gasteiger partial charge on any atom is -0.493 e. The van der Waals surface area contributed by atoms with Gasteiger partial charge in [0.1, 0.15) is 0 Å². The van der Waals surface area contributed by atoms with Crippen molar-refractivity contribution < 1.29 is 32.6 Å². The molecule has 0 atom stereocenters. The minimum atomic E-state index is -2.94. The van der Waals surface area contributed by atoms with Gasteiger partial charge in [0, 0.05) is 6.54 Å². The monoisotopic (exact) mass is 407 g/mol. The van der Waals surface area contributed by atoms with Crippen LogP contribution in [-0.4, -0.2) is 38.7 Å². The van der Waals surface area contributed by atoms with Gasteiger partial charge in [-0.2, -0.15) is 8.78 Å². The van der Waals surface area contributed by atoms with E-state index in [0.29, 0.717) is 12.0 Å². The smallest absolute Gasteiger partial charge is 0.387 e. The molecule has 0 bridgehead atoms. The Morgan fingerprint density at radius 3 is 2.34 bits per heavy atom. The second-order valence-corrected chi connectivity index (χ2v) is 6.09. The summed E-state index contributed by atoms with van der Waals surface area (Å²) in [7, 11) is 1.35. The lowest BCUT2D eigenvalue weighted by Crippen LogP contribution is -2.30. The molecule has 6 nitrogen and oxygen atoms in total. The molecule has 0 aromatic heterocycles. The molecule has 1 amide bonds. The van der Waals surface area contributed by atoms with Gasteiger partial charge in [0.15, 0.2) is 18.1 Å². The first-order valence-electron chi connectivity index (χ1n) is 9.07. The third-order valence-corrected chi connectivity index (χ3v) is 4.11. The minimum absolute atomic E-state index is 0.0610. The number of esters is 1. The molecule has 0 unspecified atom stereocenters. The van der Waals surface area contributed by atoms with Crippen LogP contribution in [0.5, 0.6) is 11.5 Å². The molecule has 0 fully saturated rings. The molecular formula is C21H23F2NO5. The van der Waals surface area contributed by atoms with Gasteiger partial charge in [-0.25, -0.2) is 4.79 Å². The van der Waals surface area contributed by atoms with Gasteiger partial charge in [-0.3, -0.25) is 4.79 Å². The van der Waals surface area contributed by atoms with Crippen LogP contribution in [0.3, 0.4) is 0 Å². The normalized spacial score (nSPS) is 10.5. The Morgan fingerprint density at radius 2 is 1.72 bits per heavy atom. The maximum atomic E-state index is 12.3. The van der Waals surface area contributed by atoms with E-state index in [1.54, 1.807) is 24.3 Å².